The van der Waals surface area contributed by atoms with E-state index in [2.05, 4.69) is 22.5 Å². The maximum absolute atomic E-state index is 6.33. The van der Waals surface area contributed by atoms with E-state index in [-0.39, 0.29) is 0 Å². The topological polar surface area (TPSA) is 24.5 Å². The SMILES string of the molecule is CONCc1ccc(CN2CCCCC2)c(Cl)c1. The van der Waals surface area contributed by atoms with Gasteiger partial charge >= 0.3 is 0 Å². The Morgan fingerprint density at radius 2 is 2.06 bits per heavy atom. The third-order valence-corrected chi connectivity index (χ3v) is 3.73. The molecule has 0 bridgehead atoms. The monoisotopic (exact) mass is 268 g/mol. The quantitative estimate of drug-likeness (QED) is 0.831. The molecule has 3 nitrogen and oxygen atoms in total. The predicted octanol–water partition coefficient (Wildman–Crippen LogP) is 2.98. The van der Waals surface area contributed by atoms with Gasteiger partial charge in [-0.1, -0.05) is 30.2 Å². The van der Waals surface area contributed by atoms with E-state index in [4.69, 9.17) is 16.4 Å². The average molecular weight is 269 g/mol. The largest absolute Gasteiger partial charge is 0.305 e. The Hall–Kier alpha value is -0.610. The third kappa shape index (κ3) is 3.95. The molecule has 0 radical (unpaired) electrons. The fourth-order valence-corrected chi connectivity index (χ4v) is 2.61. The summed E-state index contributed by atoms with van der Waals surface area (Å²) < 4.78 is 0. The summed E-state index contributed by atoms with van der Waals surface area (Å²) in [6.45, 7) is 4.05. The molecule has 0 atom stereocenters. The van der Waals surface area contributed by atoms with Crippen LogP contribution in [0.2, 0.25) is 5.02 Å². The van der Waals surface area contributed by atoms with Crippen molar-refractivity contribution in [3.8, 4) is 0 Å². The van der Waals surface area contributed by atoms with Crippen LogP contribution in [0.15, 0.2) is 18.2 Å². The number of nitrogens with zero attached hydrogens (tertiary/aromatic N) is 1. The van der Waals surface area contributed by atoms with Crippen LogP contribution in [0.25, 0.3) is 0 Å². The van der Waals surface area contributed by atoms with Gasteiger partial charge in [-0.3, -0.25) is 4.90 Å². The van der Waals surface area contributed by atoms with Crippen LogP contribution < -0.4 is 5.48 Å². The number of rotatable bonds is 5. The highest BCUT2D eigenvalue weighted by molar-refractivity contribution is 6.31. The first-order chi connectivity index (χ1) is 8.79. The number of halogens is 1. The number of benzene rings is 1. The van der Waals surface area contributed by atoms with E-state index in [0.717, 1.165) is 17.1 Å². The van der Waals surface area contributed by atoms with Crippen LogP contribution in [0.4, 0.5) is 0 Å². The van der Waals surface area contributed by atoms with Gasteiger partial charge in [0.1, 0.15) is 0 Å². The van der Waals surface area contributed by atoms with E-state index < -0.39 is 0 Å². The van der Waals surface area contributed by atoms with Crippen molar-refractivity contribution in [2.45, 2.75) is 32.4 Å². The number of piperidine rings is 1. The van der Waals surface area contributed by atoms with Gasteiger partial charge in [0, 0.05) is 18.1 Å². The summed E-state index contributed by atoms with van der Waals surface area (Å²) in [4.78, 5) is 7.32. The van der Waals surface area contributed by atoms with Crippen molar-refractivity contribution >= 4 is 11.6 Å². The second kappa shape index (κ2) is 7.10. The molecule has 1 aliphatic rings. The van der Waals surface area contributed by atoms with E-state index in [0.29, 0.717) is 6.54 Å². The molecule has 18 heavy (non-hydrogen) atoms. The molecule has 0 amide bonds. The average Bonchev–Trinajstić information content (AvgIpc) is 2.40. The highest BCUT2D eigenvalue weighted by atomic mass is 35.5. The van der Waals surface area contributed by atoms with Crippen LogP contribution in [0.3, 0.4) is 0 Å². The molecule has 1 fully saturated rings. The molecule has 0 saturated carbocycles. The van der Waals surface area contributed by atoms with Crippen molar-refractivity contribution in [3.63, 3.8) is 0 Å². The van der Waals surface area contributed by atoms with Crippen LogP contribution >= 0.6 is 11.6 Å². The van der Waals surface area contributed by atoms with E-state index in [1.165, 1.54) is 37.9 Å². The van der Waals surface area contributed by atoms with Crippen LogP contribution in [0.5, 0.6) is 0 Å². The Bertz CT molecular complexity index is 378. The molecule has 1 aromatic rings. The zero-order valence-corrected chi connectivity index (χ0v) is 11.7. The van der Waals surface area contributed by atoms with Crippen molar-refractivity contribution in [1.82, 2.24) is 10.4 Å². The van der Waals surface area contributed by atoms with Crippen molar-refractivity contribution < 1.29 is 4.84 Å². The molecule has 1 N–H and O–H groups in total. The molecule has 0 unspecified atom stereocenters. The first-order valence-electron chi connectivity index (χ1n) is 6.55. The van der Waals surface area contributed by atoms with Gasteiger partial charge in [-0.05, 0) is 43.1 Å². The zero-order chi connectivity index (χ0) is 12.8. The number of hydrogen-bond acceptors (Lipinski definition) is 3. The molecule has 1 saturated heterocycles. The summed E-state index contributed by atoms with van der Waals surface area (Å²) in [6, 6.07) is 6.26. The number of likely N-dealkylation sites (tertiary alicyclic amines) is 1. The second-order valence-corrected chi connectivity index (χ2v) is 5.20. The lowest BCUT2D eigenvalue weighted by Crippen LogP contribution is -2.29. The Labute approximate surface area is 114 Å². The summed E-state index contributed by atoms with van der Waals surface area (Å²) in [5, 5.41) is 0.857. The van der Waals surface area contributed by atoms with Gasteiger partial charge < -0.3 is 4.84 Å². The molecule has 1 heterocycles. The Balaban J connectivity index is 1.95. The first-order valence-corrected chi connectivity index (χ1v) is 6.93. The fraction of sp³-hybridized carbons (Fsp3) is 0.571. The number of nitrogens with one attached hydrogen (secondary N) is 1. The summed E-state index contributed by atoms with van der Waals surface area (Å²) in [5.41, 5.74) is 5.19. The molecule has 0 spiro atoms. The Kier molecular flexibility index (Phi) is 5.45. The maximum atomic E-state index is 6.33. The molecule has 1 aliphatic heterocycles. The summed E-state index contributed by atoms with van der Waals surface area (Å²) in [5.74, 6) is 0. The summed E-state index contributed by atoms with van der Waals surface area (Å²) in [7, 11) is 1.62. The standard InChI is InChI=1S/C14H21ClN2O/c1-18-16-10-12-5-6-13(14(15)9-12)11-17-7-3-2-4-8-17/h5-6,9,16H,2-4,7-8,10-11H2,1H3. The third-order valence-electron chi connectivity index (χ3n) is 3.38. The van der Waals surface area contributed by atoms with E-state index >= 15 is 0 Å². The van der Waals surface area contributed by atoms with E-state index in [9.17, 15) is 0 Å². The van der Waals surface area contributed by atoms with Gasteiger partial charge in [0.2, 0.25) is 0 Å². The molecular formula is C14H21ClN2O. The summed E-state index contributed by atoms with van der Waals surface area (Å²) >= 11 is 6.33. The van der Waals surface area contributed by atoms with Gasteiger partial charge in [-0.25, -0.2) is 0 Å². The minimum Gasteiger partial charge on any atom is -0.305 e. The molecule has 1 aromatic carbocycles. The van der Waals surface area contributed by atoms with Crippen molar-refractivity contribution in [1.29, 1.82) is 0 Å². The van der Waals surface area contributed by atoms with Crippen molar-refractivity contribution in [2.24, 2.45) is 0 Å². The molecule has 0 aliphatic carbocycles. The van der Waals surface area contributed by atoms with Gasteiger partial charge in [0.05, 0.1) is 7.11 Å². The molecule has 2 rings (SSSR count). The van der Waals surface area contributed by atoms with Crippen LogP contribution in [-0.4, -0.2) is 25.1 Å². The lowest BCUT2D eigenvalue weighted by atomic mass is 10.1. The Morgan fingerprint density at radius 1 is 1.28 bits per heavy atom. The van der Waals surface area contributed by atoms with Gasteiger partial charge in [-0.15, -0.1) is 0 Å². The maximum Gasteiger partial charge on any atom is 0.0572 e. The molecule has 100 valence electrons. The van der Waals surface area contributed by atoms with Crippen LogP contribution in [0, 0.1) is 0 Å². The number of hydrogen-bond donors (Lipinski definition) is 1. The highest BCUT2D eigenvalue weighted by Crippen LogP contribution is 2.21. The zero-order valence-electron chi connectivity index (χ0n) is 10.9. The van der Waals surface area contributed by atoms with Crippen LogP contribution in [-0.2, 0) is 17.9 Å². The van der Waals surface area contributed by atoms with Crippen LogP contribution in [0.1, 0.15) is 30.4 Å². The highest BCUT2D eigenvalue weighted by Gasteiger charge is 2.12. The van der Waals surface area contributed by atoms with E-state index in [1.807, 2.05) is 6.07 Å². The van der Waals surface area contributed by atoms with Gasteiger partial charge in [0.25, 0.3) is 0 Å². The molecule has 4 heteroatoms. The van der Waals surface area contributed by atoms with Gasteiger partial charge in [-0.2, -0.15) is 5.48 Å². The first kappa shape index (κ1) is 13.8. The van der Waals surface area contributed by atoms with Crippen molar-refractivity contribution in [3.05, 3.63) is 34.3 Å². The number of hydroxylamine groups is 1. The fourth-order valence-electron chi connectivity index (χ4n) is 2.34. The Morgan fingerprint density at radius 3 is 2.72 bits per heavy atom. The second-order valence-electron chi connectivity index (χ2n) is 4.79. The lowest BCUT2D eigenvalue weighted by molar-refractivity contribution is 0.0867. The molecular weight excluding hydrogens is 248 g/mol. The minimum absolute atomic E-state index is 0.681. The lowest BCUT2D eigenvalue weighted by Gasteiger charge is -2.26. The minimum atomic E-state index is 0.681. The smallest absolute Gasteiger partial charge is 0.0572 e. The normalized spacial score (nSPS) is 17.0. The summed E-state index contributed by atoms with van der Waals surface area (Å²) in [6.07, 6.45) is 3.99. The van der Waals surface area contributed by atoms with Gasteiger partial charge in [0.15, 0.2) is 0 Å². The molecule has 0 aromatic heterocycles. The van der Waals surface area contributed by atoms with Crippen molar-refractivity contribution in [2.75, 3.05) is 20.2 Å². The van der Waals surface area contributed by atoms with E-state index in [1.54, 1.807) is 7.11 Å². The predicted molar refractivity (Wildman–Crippen MR) is 74.4 cm³/mol.